The molecule has 1 saturated heterocycles. The molecule has 2 rings (SSSR count). The van der Waals surface area contributed by atoms with Crippen molar-refractivity contribution in [3.8, 4) is 5.75 Å². The van der Waals surface area contributed by atoms with Gasteiger partial charge < -0.3 is 14.5 Å². The van der Waals surface area contributed by atoms with Crippen LogP contribution >= 0.6 is 0 Å². The molecule has 1 aromatic rings. The van der Waals surface area contributed by atoms with Gasteiger partial charge in [-0.2, -0.15) is 0 Å². The molecule has 0 radical (unpaired) electrons. The molecule has 96 valence electrons. The standard InChI is InChI=1S/C13H16N2O3/c1-11(16)14-7-9-15(10-8-14)13(17)18-12-5-3-2-4-6-12/h2-6H,7-10H2,1H3. The molecule has 1 aliphatic rings. The second-order valence-corrected chi connectivity index (χ2v) is 4.17. The molecule has 0 aromatic heterocycles. The summed E-state index contributed by atoms with van der Waals surface area (Å²) < 4.78 is 5.23. The molecule has 0 N–H and O–H groups in total. The lowest BCUT2D eigenvalue weighted by Crippen LogP contribution is -2.50. The van der Waals surface area contributed by atoms with Crippen LogP contribution in [-0.4, -0.2) is 48.0 Å². The Balaban J connectivity index is 1.86. The Morgan fingerprint density at radius 1 is 1.00 bits per heavy atom. The summed E-state index contributed by atoms with van der Waals surface area (Å²) in [5, 5.41) is 0. The van der Waals surface area contributed by atoms with E-state index < -0.39 is 0 Å². The number of rotatable bonds is 1. The molecule has 1 aromatic carbocycles. The molecule has 18 heavy (non-hydrogen) atoms. The van der Waals surface area contributed by atoms with Gasteiger partial charge in [0.05, 0.1) is 0 Å². The van der Waals surface area contributed by atoms with Crippen LogP contribution in [0, 0.1) is 0 Å². The lowest BCUT2D eigenvalue weighted by molar-refractivity contribution is -0.130. The maximum Gasteiger partial charge on any atom is 0.415 e. The lowest BCUT2D eigenvalue weighted by atomic mass is 10.3. The highest BCUT2D eigenvalue weighted by Gasteiger charge is 2.23. The molecule has 0 atom stereocenters. The molecule has 0 unspecified atom stereocenters. The first-order valence-corrected chi connectivity index (χ1v) is 5.94. The molecule has 0 saturated carbocycles. The third kappa shape index (κ3) is 3.00. The minimum absolute atomic E-state index is 0.0473. The van der Waals surface area contributed by atoms with Crippen LogP contribution in [-0.2, 0) is 4.79 Å². The Labute approximate surface area is 106 Å². The van der Waals surface area contributed by atoms with Crippen molar-refractivity contribution in [3.05, 3.63) is 30.3 Å². The Morgan fingerprint density at radius 2 is 1.56 bits per heavy atom. The number of hydrogen-bond acceptors (Lipinski definition) is 3. The summed E-state index contributed by atoms with van der Waals surface area (Å²) in [6.07, 6.45) is -0.357. The van der Waals surface area contributed by atoms with E-state index >= 15 is 0 Å². The van der Waals surface area contributed by atoms with Crippen molar-refractivity contribution < 1.29 is 14.3 Å². The zero-order valence-electron chi connectivity index (χ0n) is 10.3. The molecule has 0 spiro atoms. The smallest absolute Gasteiger partial charge is 0.410 e. The number of carbonyl (C=O) groups excluding carboxylic acids is 2. The van der Waals surface area contributed by atoms with Crippen LogP contribution < -0.4 is 4.74 Å². The number of amides is 2. The van der Waals surface area contributed by atoms with Crippen molar-refractivity contribution in [3.63, 3.8) is 0 Å². The average molecular weight is 248 g/mol. The fraction of sp³-hybridized carbons (Fsp3) is 0.385. The highest BCUT2D eigenvalue weighted by Crippen LogP contribution is 2.11. The van der Waals surface area contributed by atoms with Crippen molar-refractivity contribution in [2.45, 2.75) is 6.92 Å². The van der Waals surface area contributed by atoms with Crippen molar-refractivity contribution in [1.82, 2.24) is 9.80 Å². The van der Waals surface area contributed by atoms with E-state index in [1.54, 1.807) is 21.9 Å². The summed E-state index contributed by atoms with van der Waals surface area (Å²) >= 11 is 0. The van der Waals surface area contributed by atoms with E-state index in [-0.39, 0.29) is 12.0 Å². The fourth-order valence-corrected chi connectivity index (χ4v) is 1.86. The molecule has 1 fully saturated rings. The molecule has 5 heteroatoms. The molecule has 0 bridgehead atoms. The number of benzene rings is 1. The van der Waals surface area contributed by atoms with Gasteiger partial charge in [-0.25, -0.2) is 4.79 Å². The summed E-state index contributed by atoms with van der Waals surface area (Å²) in [4.78, 5) is 26.3. The Morgan fingerprint density at radius 3 is 2.11 bits per heavy atom. The highest BCUT2D eigenvalue weighted by atomic mass is 16.6. The highest BCUT2D eigenvalue weighted by molar-refractivity contribution is 5.74. The molecular weight excluding hydrogens is 232 g/mol. The maximum atomic E-state index is 11.8. The minimum atomic E-state index is -0.357. The van der Waals surface area contributed by atoms with Crippen molar-refractivity contribution in [2.75, 3.05) is 26.2 Å². The largest absolute Gasteiger partial charge is 0.415 e. The first-order valence-electron chi connectivity index (χ1n) is 5.94. The Bertz CT molecular complexity index is 425. The number of ether oxygens (including phenoxy) is 1. The Hall–Kier alpha value is -2.04. The van der Waals surface area contributed by atoms with E-state index in [0.29, 0.717) is 31.9 Å². The molecule has 2 amide bonds. The van der Waals surface area contributed by atoms with Gasteiger partial charge in [0.2, 0.25) is 5.91 Å². The van der Waals surface area contributed by atoms with Crippen LogP contribution in [0.15, 0.2) is 30.3 Å². The van der Waals surface area contributed by atoms with E-state index in [2.05, 4.69) is 0 Å². The Kier molecular flexibility index (Phi) is 3.82. The topological polar surface area (TPSA) is 49.9 Å². The van der Waals surface area contributed by atoms with Crippen molar-refractivity contribution >= 4 is 12.0 Å². The zero-order chi connectivity index (χ0) is 13.0. The van der Waals surface area contributed by atoms with E-state index in [1.165, 1.54) is 6.92 Å². The van der Waals surface area contributed by atoms with E-state index in [0.717, 1.165) is 0 Å². The maximum absolute atomic E-state index is 11.8. The van der Waals surface area contributed by atoms with E-state index in [9.17, 15) is 9.59 Å². The molecular formula is C13H16N2O3. The number of carbonyl (C=O) groups is 2. The average Bonchev–Trinajstić information content (AvgIpc) is 2.40. The zero-order valence-corrected chi connectivity index (χ0v) is 10.3. The second-order valence-electron chi connectivity index (χ2n) is 4.17. The molecule has 1 heterocycles. The third-order valence-corrected chi connectivity index (χ3v) is 2.93. The van der Waals surface area contributed by atoms with Gasteiger partial charge in [0, 0.05) is 33.1 Å². The van der Waals surface area contributed by atoms with Crippen LogP contribution in [0.1, 0.15) is 6.92 Å². The predicted molar refractivity (Wildman–Crippen MR) is 66.3 cm³/mol. The van der Waals surface area contributed by atoms with Crippen molar-refractivity contribution in [1.29, 1.82) is 0 Å². The quantitative estimate of drug-likeness (QED) is 0.753. The summed E-state index contributed by atoms with van der Waals surface area (Å²) in [5.41, 5.74) is 0. The summed E-state index contributed by atoms with van der Waals surface area (Å²) in [5.74, 6) is 0.586. The molecule has 5 nitrogen and oxygen atoms in total. The second kappa shape index (κ2) is 5.53. The summed E-state index contributed by atoms with van der Waals surface area (Å²) in [6.45, 7) is 3.72. The van der Waals surface area contributed by atoms with Gasteiger partial charge in [0.1, 0.15) is 5.75 Å². The van der Waals surface area contributed by atoms with Crippen LogP contribution in [0.2, 0.25) is 0 Å². The van der Waals surface area contributed by atoms with Crippen LogP contribution in [0.25, 0.3) is 0 Å². The molecule has 0 aliphatic carbocycles. The predicted octanol–water partition coefficient (Wildman–Crippen LogP) is 1.35. The number of nitrogens with zero attached hydrogens (tertiary/aromatic N) is 2. The summed E-state index contributed by atoms with van der Waals surface area (Å²) in [6, 6.07) is 8.98. The molecule has 1 aliphatic heterocycles. The number of para-hydroxylation sites is 1. The summed E-state index contributed by atoms with van der Waals surface area (Å²) in [7, 11) is 0. The van der Waals surface area contributed by atoms with Gasteiger partial charge >= 0.3 is 6.09 Å². The van der Waals surface area contributed by atoms with Gasteiger partial charge in [0.15, 0.2) is 0 Å². The normalized spacial score (nSPS) is 15.4. The van der Waals surface area contributed by atoms with Gasteiger partial charge in [-0.3, -0.25) is 4.79 Å². The van der Waals surface area contributed by atoms with Gasteiger partial charge in [0.25, 0.3) is 0 Å². The van der Waals surface area contributed by atoms with Gasteiger partial charge in [-0.1, -0.05) is 18.2 Å². The SMILES string of the molecule is CC(=O)N1CCN(C(=O)Oc2ccccc2)CC1. The first-order chi connectivity index (χ1) is 8.66. The number of hydrogen-bond donors (Lipinski definition) is 0. The van der Waals surface area contributed by atoms with Gasteiger partial charge in [-0.05, 0) is 12.1 Å². The third-order valence-electron chi connectivity index (χ3n) is 2.93. The van der Waals surface area contributed by atoms with E-state index in [1.807, 2.05) is 18.2 Å². The van der Waals surface area contributed by atoms with Crippen LogP contribution in [0.4, 0.5) is 4.79 Å². The lowest BCUT2D eigenvalue weighted by Gasteiger charge is -2.33. The van der Waals surface area contributed by atoms with E-state index in [4.69, 9.17) is 4.74 Å². The minimum Gasteiger partial charge on any atom is -0.410 e. The van der Waals surface area contributed by atoms with Gasteiger partial charge in [-0.15, -0.1) is 0 Å². The van der Waals surface area contributed by atoms with Crippen LogP contribution in [0.5, 0.6) is 5.75 Å². The van der Waals surface area contributed by atoms with Crippen LogP contribution in [0.3, 0.4) is 0 Å². The first kappa shape index (κ1) is 12.4. The number of piperazine rings is 1. The fourth-order valence-electron chi connectivity index (χ4n) is 1.86. The monoisotopic (exact) mass is 248 g/mol. The van der Waals surface area contributed by atoms with Crippen molar-refractivity contribution in [2.24, 2.45) is 0 Å².